The van der Waals surface area contributed by atoms with Gasteiger partial charge in [0.25, 0.3) is 0 Å². The van der Waals surface area contributed by atoms with Crippen LogP contribution in [0.5, 0.6) is 5.75 Å². The van der Waals surface area contributed by atoms with Crippen LogP contribution in [0.25, 0.3) is 0 Å². The number of nitriles is 1. The average molecular weight is 310 g/mol. The predicted octanol–water partition coefficient (Wildman–Crippen LogP) is 4.65. The third-order valence-electron chi connectivity index (χ3n) is 2.80. The minimum absolute atomic E-state index is 0.0227. The summed E-state index contributed by atoms with van der Waals surface area (Å²) >= 11 is 0. The molecule has 2 rings (SSSR count). The van der Waals surface area contributed by atoms with E-state index in [4.69, 9.17) is 5.26 Å². The Morgan fingerprint density at radius 2 is 1.77 bits per heavy atom. The lowest BCUT2D eigenvalue weighted by Crippen LogP contribution is -2.17. The van der Waals surface area contributed by atoms with Gasteiger partial charge in [0.15, 0.2) is 0 Å². The second-order valence-corrected chi connectivity index (χ2v) is 4.45. The van der Waals surface area contributed by atoms with Gasteiger partial charge in [0.05, 0.1) is 11.3 Å². The summed E-state index contributed by atoms with van der Waals surface area (Å²) in [6.45, 7) is 1.67. The third-order valence-corrected chi connectivity index (χ3v) is 2.80. The number of nitrogens with one attached hydrogen (secondary N) is 1. The van der Waals surface area contributed by atoms with Crippen molar-refractivity contribution in [1.82, 2.24) is 0 Å². The molecule has 0 aliphatic heterocycles. The van der Waals surface area contributed by atoms with Crippen LogP contribution in [-0.2, 0) is 0 Å². The SMILES string of the molecule is Cc1cc(F)ccc1Nc1ccc(OC(F)(F)F)cc1C#N. The second-order valence-electron chi connectivity index (χ2n) is 4.45. The van der Waals surface area contributed by atoms with E-state index in [2.05, 4.69) is 10.1 Å². The van der Waals surface area contributed by atoms with Gasteiger partial charge in [-0.15, -0.1) is 13.2 Å². The van der Waals surface area contributed by atoms with Crippen molar-refractivity contribution in [2.45, 2.75) is 13.3 Å². The molecule has 0 amide bonds. The van der Waals surface area contributed by atoms with E-state index < -0.39 is 17.9 Å². The number of alkyl halides is 3. The fourth-order valence-corrected chi connectivity index (χ4v) is 1.83. The van der Waals surface area contributed by atoms with E-state index in [0.29, 0.717) is 16.9 Å². The molecule has 0 aliphatic rings. The molecular weight excluding hydrogens is 300 g/mol. The normalized spacial score (nSPS) is 10.9. The summed E-state index contributed by atoms with van der Waals surface area (Å²) < 4.78 is 53.3. The molecule has 0 radical (unpaired) electrons. The van der Waals surface area contributed by atoms with Crippen molar-refractivity contribution in [3.05, 3.63) is 53.3 Å². The van der Waals surface area contributed by atoms with Crippen molar-refractivity contribution in [2.75, 3.05) is 5.32 Å². The Morgan fingerprint density at radius 1 is 1.09 bits per heavy atom. The van der Waals surface area contributed by atoms with E-state index in [1.165, 1.54) is 24.3 Å². The Labute approximate surface area is 123 Å². The highest BCUT2D eigenvalue weighted by atomic mass is 19.4. The molecule has 3 nitrogen and oxygen atoms in total. The largest absolute Gasteiger partial charge is 0.573 e. The van der Waals surface area contributed by atoms with E-state index in [1.54, 1.807) is 13.0 Å². The van der Waals surface area contributed by atoms with Gasteiger partial charge in [-0.25, -0.2) is 4.39 Å². The monoisotopic (exact) mass is 310 g/mol. The molecule has 0 heterocycles. The van der Waals surface area contributed by atoms with E-state index in [0.717, 1.165) is 12.1 Å². The maximum atomic E-state index is 13.0. The van der Waals surface area contributed by atoms with E-state index in [1.807, 2.05) is 0 Å². The fraction of sp³-hybridized carbons (Fsp3) is 0.133. The molecule has 0 saturated carbocycles. The molecule has 114 valence electrons. The van der Waals surface area contributed by atoms with Crippen molar-refractivity contribution < 1.29 is 22.3 Å². The fourth-order valence-electron chi connectivity index (χ4n) is 1.83. The molecule has 2 aromatic carbocycles. The number of anilines is 2. The Bertz CT molecular complexity index is 735. The van der Waals surface area contributed by atoms with Gasteiger partial charge in [0, 0.05) is 11.8 Å². The zero-order chi connectivity index (χ0) is 16.3. The van der Waals surface area contributed by atoms with E-state index in [-0.39, 0.29) is 5.56 Å². The van der Waals surface area contributed by atoms with Gasteiger partial charge in [-0.05, 0) is 42.8 Å². The van der Waals surface area contributed by atoms with E-state index >= 15 is 0 Å². The lowest BCUT2D eigenvalue weighted by atomic mass is 10.1. The highest BCUT2D eigenvalue weighted by Gasteiger charge is 2.31. The van der Waals surface area contributed by atoms with Crippen LogP contribution in [0, 0.1) is 24.1 Å². The molecule has 2 aromatic rings. The van der Waals surface area contributed by atoms with Crippen LogP contribution in [0.15, 0.2) is 36.4 Å². The Hall–Kier alpha value is -2.75. The summed E-state index contributed by atoms with van der Waals surface area (Å²) in [7, 11) is 0. The van der Waals surface area contributed by atoms with Crippen LogP contribution in [0.4, 0.5) is 28.9 Å². The smallest absolute Gasteiger partial charge is 0.406 e. The molecule has 0 atom stereocenters. The van der Waals surface area contributed by atoms with Gasteiger partial charge in [-0.2, -0.15) is 5.26 Å². The third kappa shape index (κ3) is 3.88. The first kappa shape index (κ1) is 15.6. The average Bonchev–Trinajstić information content (AvgIpc) is 2.41. The van der Waals surface area contributed by atoms with Gasteiger partial charge in [-0.3, -0.25) is 0 Å². The Kier molecular flexibility index (Phi) is 4.22. The minimum atomic E-state index is -4.82. The summed E-state index contributed by atoms with van der Waals surface area (Å²) in [4.78, 5) is 0. The standard InChI is InChI=1S/C15H10F4N2O/c1-9-6-11(16)2-4-13(9)21-14-5-3-12(7-10(14)8-20)22-15(17,18)19/h2-7,21H,1H3. The van der Waals surface area contributed by atoms with Crippen molar-refractivity contribution in [2.24, 2.45) is 0 Å². The van der Waals surface area contributed by atoms with Gasteiger partial charge < -0.3 is 10.1 Å². The lowest BCUT2D eigenvalue weighted by molar-refractivity contribution is -0.274. The van der Waals surface area contributed by atoms with E-state index in [9.17, 15) is 17.6 Å². The number of rotatable bonds is 3. The van der Waals surface area contributed by atoms with Crippen LogP contribution in [0.3, 0.4) is 0 Å². The number of halogens is 4. The predicted molar refractivity (Wildman–Crippen MR) is 72.3 cm³/mol. The van der Waals surface area contributed by atoms with Crippen molar-refractivity contribution in [3.8, 4) is 11.8 Å². The quantitative estimate of drug-likeness (QED) is 0.839. The van der Waals surface area contributed by atoms with Crippen LogP contribution in [0.2, 0.25) is 0 Å². The first-order chi connectivity index (χ1) is 10.3. The highest BCUT2D eigenvalue weighted by molar-refractivity contribution is 5.69. The summed E-state index contributed by atoms with van der Waals surface area (Å²) in [5, 5.41) is 11.9. The van der Waals surface area contributed by atoms with Crippen LogP contribution in [-0.4, -0.2) is 6.36 Å². The molecular formula is C15H10F4N2O. The lowest BCUT2D eigenvalue weighted by Gasteiger charge is -2.13. The summed E-state index contributed by atoms with van der Waals surface area (Å²) in [6, 6.07) is 9.17. The van der Waals surface area contributed by atoms with Gasteiger partial charge in [0.2, 0.25) is 0 Å². The maximum absolute atomic E-state index is 13.0. The second kappa shape index (κ2) is 5.93. The van der Waals surface area contributed by atoms with Crippen molar-refractivity contribution >= 4 is 11.4 Å². The first-order valence-corrected chi connectivity index (χ1v) is 6.11. The number of aryl methyl sites for hydroxylation is 1. The van der Waals surface area contributed by atoms with Gasteiger partial charge in [-0.1, -0.05) is 0 Å². The first-order valence-electron chi connectivity index (χ1n) is 6.11. The zero-order valence-corrected chi connectivity index (χ0v) is 11.3. The Balaban J connectivity index is 2.30. The van der Waals surface area contributed by atoms with Crippen LogP contribution < -0.4 is 10.1 Å². The van der Waals surface area contributed by atoms with Crippen molar-refractivity contribution in [1.29, 1.82) is 5.26 Å². The highest BCUT2D eigenvalue weighted by Crippen LogP contribution is 2.29. The van der Waals surface area contributed by atoms with Gasteiger partial charge in [0.1, 0.15) is 17.6 Å². The molecule has 22 heavy (non-hydrogen) atoms. The topological polar surface area (TPSA) is 45.0 Å². The molecule has 0 bridgehead atoms. The molecule has 0 unspecified atom stereocenters. The van der Waals surface area contributed by atoms with Gasteiger partial charge >= 0.3 is 6.36 Å². The molecule has 0 saturated heterocycles. The number of benzene rings is 2. The van der Waals surface area contributed by atoms with Crippen molar-refractivity contribution in [3.63, 3.8) is 0 Å². The molecule has 0 fully saturated rings. The molecule has 0 spiro atoms. The number of nitrogens with zero attached hydrogens (tertiary/aromatic N) is 1. The number of hydrogen-bond donors (Lipinski definition) is 1. The molecule has 1 N–H and O–H groups in total. The summed E-state index contributed by atoms with van der Waals surface area (Å²) in [6.07, 6.45) is -4.82. The summed E-state index contributed by atoms with van der Waals surface area (Å²) in [5.74, 6) is -0.886. The number of ether oxygens (including phenoxy) is 1. The Morgan fingerprint density at radius 3 is 2.36 bits per heavy atom. The zero-order valence-electron chi connectivity index (χ0n) is 11.3. The molecule has 7 heteroatoms. The minimum Gasteiger partial charge on any atom is -0.406 e. The van der Waals surface area contributed by atoms with Crippen LogP contribution in [0.1, 0.15) is 11.1 Å². The summed E-state index contributed by atoms with van der Waals surface area (Å²) in [5.41, 5.74) is 1.42. The number of hydrogen-bond acceptors (Lipinski definition) is 3. The maximum Gasteiger partial charge on any atom is 0.573 e. The molecule has 0 aromatic heterocycles. The van der Waals surface area contributed by atoms with Crippen LogP contribution >= 0.6 is 0 Å². The molecule has 0 aliphatic carbocycles.